The summed E-state index contributed by atoms with van der Waals surface area (Å²) in [4.78, 5) is 2.92. The molecule has 0 aromatic carbocycles. The number of rotatable bonds is 1. The fourth-order valence-corrected chi connectivity index (χ4v) is 2.54. The summed E-state index contributed by atoms with van der Waals surface area (Å²) in [7, 11) is 0. The highest BCUT2D eigenvalue weighted by molar-refractivity contribution is 7.12. The van der Waals surface area contributed by atoms with Crippen molar-refractivity contribution in [1.82, 2.24) is 5.32 Å². The van der Waals surface area contributed by atoms with E-state index in [9.17, 15) is 0 Å². The molecule has 2 heterocycles. The van der Waals surface area contributed by atoms with Crippen LogP contribution in [0.4, 0.5) is 0 Å². The molecule has 1 aliphatic rings. The highest BCUT2D eigenvalue weighted by atomic mass is 32.1. The zero-order valence-electron chi connectivity index (χ0n) is 6.98. The SMILES string of the molecule is Cc1cc(C2CCN2)c(C)s1. The second-order valence-electron chi connectivity index (χ2n) is 3.16. The van der Waals surface area contributed by atoms with Crippen molar-refractivity contribution in [3.05, 3.63) is 21.4 Å². The summed E-state index contributed by atoms with van der Waals surface area (Å²) in [6.07, 6.45) is 1.32. The molecule has 1 aromatic heterocycles. The molecule has 1 unspecified atom stereocenters. The summed E-state index contributed by atoms with van der Waals surface area (Å²) in [5, 5.41) is 3.42. The largest absolute Gasteiger partial charge is 0.310 e. The van der Waals surface area contributed by atoms with E-state index in [4.69, 9.17) is 0 Å². The van der Waals surface area contributed by atoms with Gasteiger partial charge in [0.25, 0.3) is 0 Å². The molecule has 0 aliphatic carbocycles. The summed E-state index contributed by atoms with van der Waals surface area (Å²) < 4.78 is 0. The topological polar surface area (TPSA) is 12.0 Å². The molecule has 1 nitrogen and oxygen atoms in total. The Morgan fingerprint density at radius 2 is 2.27 bits per heavy atom. The Morgan fingerprint density at radius 1 is 1.55 bits per heavy atom. The van der Waals surface area contributed by atoms with Gasteiger partial charge in [0.15, 0.2) is 0 Å². The number of thiophene rings is 1. The van der Waals surface area contributed by atoms with Crippen molar-refractivity contribution in [1.29, 1.82) is 0 Å². The highest BCUT2D eigenvalue weighted by Gasteiger charge is 2.21. The van der Waals surface area contributed by atoms with Gasteiger partial charge in [-0.2, -0.15) is 0 Å². The Hall–Kier alpha value is -0.340. The molecule has 0 radical (unpaired) electrons. The fourth-order valence-electron chi connectivity index (χ4n) is 1.55. The standard InChI is InChI=1S/C9H13NS/c1-6-5-8(7(2)11-6)9-3-4-10-9/h5,9-10H,3-4H2,1-2H3. The number of aryl methyl sites for hydroxylation is 2. The van der Waals surface area contributed by atoms with Gasteiger partial charge in [-0.05, 0) is 38.4 Å². The van der Waals surface area contributed by atoms with Gasteiger partial charge in [0.1, 0.15) is 0 Å². The molecule has 0 bridgehead atoms. The Bertz CT molecular complexity index is 261. The van der Waals surface area contributed by atoms with Crippen molar-refractivity contribution in [2.24, 2.45) is 0 Å². The lowest BCUT2D eigenvalue weighted by atomic mass is 9.99. The van der Waals surface area contributed by atoms with Gasteiger partial charge < -0.3 is 5.32 Å². The van der Waals surface area contributed by atoms with Crippen molar-refractivity contribution >= 4 is 11.3 Å². The van der Waals surface area contributed by atoms with Gasteiger partial charge in [-0.1, -0.05) is 0 Å². The minimum absolute atomic E-state index is 0.667. The fraction of sp³-hybridized carbons (Fsp3) is 0.556. The molecule has 11 heavy (non-hydrogen) atoms. The van der Waals surface area contributed by atoms with Gasteiger partial charge in [-0.15, -0.1) is 11.3 Å². The van der Waals surface area contributed by atoms with E-state index in [2.05, 4.69) is 25.2 Å². The maximum atomic E-state index is 3.42. The van der Waals surface area contributed by atoms with E-state index >= 15 is 0 Å². The van der Waals surface area contributed by atoms with Gasteiger partial charge in [0, 0.05) is 15.8 Å². The molecule has 1 atom stereocenters. The Labute approximate surface area is 71.4 Å². The van der Waals surface area contributed by atoms with Crippen LogP contribution < -0.4 is 5.32 Å². The van der Waals surface area contributed by atoms with E-state index in [0.717, 1.165) is 0 Å². The highest BCUT2D eigenvalue weighted by Crippen LogP contribution is 2.31. The van der Waals surface area contributed by atoms with Crippen molar-refractivity contribution in [3.8, 4) is 0 Å². The van der Waals surface area contributed by atoms with Gasteiger partial charge in [0.05, 0.1) is 0 Å². The lowest BCUT2D eigenvalue weighted by Gasteiger charge is -2.27. The molecule has 1 N–H and O–H groups in total. The van der Waals surface area contributed by atoms with E-state index in [0.29, 0.717) is 6.04 Å². The molecule has 0 spiro atoms. The second kappa shape index (κ2) is 2.61. The molecule has 1 saturated heterocycles. The maximum Gasteiger partial charge on any atom is 0.0343 e. The normalized spacial score (nSPS) is 23.3. The van der Waals surface area contributed by atoms with Crippen LogP contribution in [0.1, 0.15) is 27.8 Å². The van der Waals surface area contributed by atoms with E-state index < -0.39 is 0 Å². The minimum Gasteiger partial charge on any atom is -0.310 e. The average molecular weight is 167 g/mol. The Kier molecular flexibility index (Phi) is 1.74. The van der Waals surface area contributed by atoms with Gasteiger partial charge in [-0.3, -0.25) is 0 Å². The Morgan fingerprint density at radius 3 is 2.64 bits per heavy atom. The first-order chi connectivity index (χ1) is 5.27. The van der Waals surface area contributed by atoms with Crippen molar-refractivity contribution in [3.63, 3.8) is 0 Å². The first-order valence-electron chi connectivity index (χ1n) is 4.07. The van der Waals surface area contributed by atoms with Crippen LogP contribution in [0, 0.1) is 13.8 Å². The van der Waals surface area contributed by atoms with Crippen LogP contribution in [-0.4, -0.2) is 6.54 Å². The predicted octanol–water partition coefficient (Wildman–Crippen LogP) is 2.40. The van der Waals surface area contributed by atoms with Crippen molar-refractivity contribution in [2.75, 3.05) is 6.54 Å². The smallest absolute Gasteiger partial charge is 0.0343 e. The zero-order valence-corrected chi connectivity index (χ0v) is 7.79. The number of hydrogen-bond acceptors (Lipinski definition) is 2. The molecule has 1 fully saturated rings. The second-order valence-corrected chi connectivity index (χ2v) is 4.62. The van der Waals surface area contributed by atoms with Crippen LogP contribution >= 0.6 is 11.3 Å². The summed E-state index contributed by atoms with van der Waals surface area (Å²) >= 11 is 1.91. The molecule has 2 rings (SSSR count). The monoisotopic (exact) mass is 167 g/mol. The lowest BCUT2D eigenvalue weighted by Crippen LogP contribution is -2.34. The number of hydrogen-bond donors (Lipinski definition) is 1. The molecule has 0 amide bonds. The van der Waals surface area contributed by atoms with Crippen LogP contribution in [0.15, 0.2) is 6.07 Å². The molecular formula is C9H13NS. The summed E-state index contributed by atoms with van der Waals surface area (Å²) in [6.45, 7) is 5.59. The third-order valence-corrected chi connectivity index (χ3v) is 3.26. The third kappa shape index (κ3) is 1.21. The lowest BCUT2D eigenvalue weighted by molar-refractivity contribution is 0.383. The zero-order chi connectivity index (χ0) is 7.84. The minimum atomic E-state index is 0.667. The van der Waals surface area contributed by atoms with Crippen LogP contribution in [0.3, 0.4) is 0 Å². The maximum absolute atomic E-state index is 3.42. The molecule has 0 saturated carbocycles. The van der Waals surface area contributed by atoms with Crippen molar-refractivity contribution < 1.29 is 0 Å². The van der Waals surface area contributed by atoms with Gasteiger partial charge in [0.2, 0.25) is 0 Å². The van der Waals surface area contributed by atoms with E-state index in [1.54, 1.807) is 0 Å². The first kappa shape index (κ1) is 7.32. The van der Waals surface area contributed by atoms with Crippen molar-refractivity contribution in [2.45, 2.75) is 26.3 Å². The van der Waals surface area contributed by atoms with Crippen LogP contribution in [0.25, 0.3) is 0 Å². The molecule has 1 aliphatic heterocycles. The van der Waals surface area contributed by atoms with E-state index in [1.165, 1.54) is 28.3 Å². The molecule has 1 aromatic rings. The third-order valence-electron chi connectivity index (χ3n) is 2.28. The quantitative estimate of drug-likeness (QED) is 0.677. The summed E-state index contributed by atoms with van der Waals surface area (Å²) in [5.41, 5.74) is 1.53. The van der Waals surface area contributed by atoms with E-state index in [1.807, 2.05) is 11.3 Å². The Balaban J connectivity index is 2.28. The molecule has 60 valence electrons. The first-order valence-corrected chi connectivity index (χ1v) is 4.89. The summed E-state index contributed by atoms with van der Waals surface area (Å²) in [5.74, 6) is 0. The summed E-state index contributed by atoms with van der Waals surface area (Å²) in [6, 6.07) is 2.98. The average Bonchev–Trinajstić information content (AvgIpc) is 2.07. The van der Waals surface area contributed by atoms with Crippen LogP contribution in [0.2, 0.25) is 0 Å². The van der Waals surface area contributed by atoms with Crippen LogP contribution in [-0.2, 0) is 0 Å². The van der Waals surface area contributed by atoms with Gasteiger partial charge in [-0.25, -0.2) is 0 Å². The predicted molar refractivity (Wildman–Crippen MR) is 49.2 cm³/mol. The number of nitrogens with one attached hydrogen (secondary N) is 1. The van der Waals surface area contributed by atoms with E-state index in [-0.39, 0.29) is 0 Å². The molecular weight excluding hydrogens is 154 g/mol. The molecule has 2 heteroatoms. The van der Waals surface area contributed by atoms with Gasteiger partial charge >= 0.3 is 0 Å². The van der Waals surface area contributed by atoms with Crippen LogP contribution in [0.5, 0.6) is 0 Å².